The number of halogens is 2. The van der Waals surface area contributed by atoms with Gasteiger partial charge in [0, 0.05) is 17.3 Å². The highest BCUT2D eigenvalue weighted by Crippen LogP contribution is 2.32. The quantitative estimate of drug-likeness (QED) is 0.366. The minimum absolute atomic E-state index is 0.124. The maximum absolute atomic E-state index is 13.9. The van der Waals surface area contributed by atoms with Crippen molar-refractivity contribution in [2.24, 2.45) is 0 Å². The number of nitrogens with one attached hydrogen (secondary N) is 1. The average Bonchev–Trinajstić information content (AvgIpc) is 3.20. The van der Waals surface area contributed by atoms with E-state index < -0.39 is 27.6 Å². The monoisotopic (exact) mass is 486 g/mol. The van der Waals surface area contributed by atoms with Crippen molar-refractivity contribution in [3.8, 4) is 0 Å². The third-order valence-electron chi connectivity index (χ3n) is 5.09. The first-order valence-corrected chi connectivity index (χ1v) is 12.3. The highest BCUT2D eigenvalue weighted by atomic mass is 32.2. The first kappa shape index (κ1) is 22.9. The molecular weight excluding hydrogens is 466 g/mol. The molecular formula is C24H20F2N2O3S2. The van der Waals surface area contributed by atoms with Crippen LogP contribution in [0.3, 0.4) is 0 Å². The fourth-order valence-corrected chi connectivity index (χ4v) is 5.81. The standard InChI is InChI=1S/C24H20F2N2O3S2/c1-3-28(33(30,31)19-8-4-15(2)5-9-19)18-7-11-22-16(12-18)13-23(32-22)24(29)27-21-10-6-17(25)14-20(21)26/h4-14H,3H2,1-2H3,(H,27,29). The molecule has 0 fully saturated rings. The van der Waals surface area contributed by atoms with E-state index in [4.69, 9.17) is 0 Å². The van der Waals surface area contributed by atoms with E-state index in [9.17, 15) is 22.0 Å². The normalized spacial score (nSPS) is 11.5. The number of thiophene rings is 1. The van der Waals surface area contributed by atoms with Crippen molar-refractivity contribution in [3.63, 3.8) is 0 Å². The lowest BCUT2D eigenvalue weighted by molar-refractivity contribution is 0.103. The van der Waals surface area contributed by atoms with Gasteiger partial charge in [-0.1, -0.05) is 17.7 Å². The Morgan fingerprint density at radius 1 is 1.00 bits per heavy atom. The Morgan fingerprint density at radius 3 is 2.39 bits per heavy atom. The summed E-state index contributed by atoms with van der Waals surface area (Å²) < 4.78 is 55.4. The second-order valence-corrected chi connectivity index (χ2v) is 10.3. The van der Waals surface area contributed by atoms with E-state index in [1.54, 1.807) is 55.5 Å². The third kappa shape index (κ3) is 4.60. The molecule has 3 aromatic carbocycles. The fourth-order valence-electron chi connectivity index (χ4n) is 3.40. The van der Waals surface area contributed by atoms with E-state index in [1.807, 2.05) is 6.92 Å². The van der Waals surface area contributed by atoms with Crippen molar-refractivity contribution in [2.75, 3.05) is 16.2 Å². The number of carbonyl (C=O) groups is 1. The molecule has 0 spiro atoms. The SMILES string of the molecule is CCN(c1ccc2sc(C(=O)Nc3ccc(F)cc3F)cc2c1)S(=O)(=O)c1ccc(C)cc1. The number of hydrogen-bond donors (Lipinski definition) is 1. The van der Waals surface area contributed by atoms with Crippen molar-refractivity contribution in [1.29, 1.82) is 0 Å². The van der Waals surface area contributed by atoms with Gasteiger partial charge in [-0.2, -0.15) is 0 Å². The highest BCUT2D eigenvalue weighted by Gasteiger charge is 2.24. The van der Waals surface area contributed by atoms with E-state index in [0.717, 1.165) is 22.4 Å². The molecule has 1 amide bonds. The van der Waals surface area contributed by atoms with Crippen LogP contribution in [0, 0.1) is 18.6 Å². The van der Waals surface area contributed by atoms with E-state index >= 15 is 0 Å². The summed E-state index contributed by atoms with van der Waals surface area (Å²) in [6.07, 6.45) is 0. The number of amides is 1. The van der Waals surface area contributed by atoms with Crippen LogP contribution in [0.1, 0.15) is 22.2 Å². The molecule has 0 atom stereocenters. The largest absolute Gasteiger partial charge is 0.319 e. The van der Waals surface area contributed by atoms with E-state index in [1.165, 1.54) is 15.6 Å². The molecule has 170 valence electrons. The molecule has 1 N–H and O–H groups in total. The van der Waals surface area contributed by atoms with Crippen molar-refractivity contribution in [3.05, 3.63) is 88.8 Å². The second kappa shape index (κ2) is 8.92. The minimum Gasteiger partial charge on any atom is -0.319 e. The van der Waals surface area contributed by atoms with Crippen LogP contribution in [-0.4, -0.2) is 20.9 Å². The average molecular weight is 487 g/mol. The summed E-state index contributed by atoms with van der Waals surface area (Å²) in [7, 11) is -3.76. The Balaban J connectivity index is 1.64. The number of nitrogens with zero attached hydrogens (tertiary/aromatic N) is 1. The minimum atomic E-state index is -3.76. The predicted molar refractivity (Wildman–Crippen MR) is 128 cm³/mol. The van der Waals surface area contributed by atoms with Gasteiger partial charge in [-0.25, -0.2) is 17.2 Å². The number of fused-ring (bicyclic) bond motifs is 1. The first-order valence-electron chi connectivity index (χ1n) is 10.1. The number of rotatable bonds is 6. The van der Waals surface area contributed by atoms with Gasteiger partial charge in [-0.15, -0.1) is 11.3 Å². The predicted octanol–water partition coefficient (Wildman–Crippen LogP) is 5.96. The van der Waals surface area contributed by atoms with Crippen molar-refractivity contribution < 1.29 is 22.0 Å². The second-order valence-electron chi connectivity index (χ2n) is 7.39. The third-order valence-corrected chi connectivity index (χ3v) is 8.12. The topological polar surface area (TPSA) is 66.5 Å². The molecule has 0 aliphatic carbocycles. The van der Waals surface area contributed by atoms with Gasteiger partial charge in [0.05, 0.1) is 21.1 Å². The van der Waals surface area contributed by atoms with Gasteiger partial charge in [-0.05, 0) is 67.8 Å². The van der Waals surface area contributed by atoms with Gasteiger partial charge in [0.15, 0.2) is 0 Å². The number of aryl methyl sites for hydroxylation is 1. The maximum atomic E-state index is 13.9. The van der Waals surface area contributed by atoms with E-state index in [2.05, 4.69) is 5.32 Å². The molecule has 1 heterocycles. The number of carbonyl (C=O) groups excluding carboxylic acids is 1. The molecule has 4 rings (SSSR count). The summed E-state index contributed by atoms with van der Waals surface area (Å²) >= 11 is 1.19. The van der Waals surface area contributed by atoms with Crippen LogP contribution in [0.15, 0.2) is 71.6 Å². The Hall–Kier alpha value is -3.30. The van der Waals surface area contributed by atoms with Crippen LogP contribution in [0.4, 0.5) is 20.2 Å². The molecule has 0 saturated carbocycles. The summed E-state index contributed by atoms with van der Waals surface area (Å²) in [6.45, 7) is 3.86. The van der Waals surface area contributed by atoms with Gasteiger partial charge >= 0.3 is 0 Å². The zero-order chi connectivity index (χ0) is 23.8. The summed E-state index contributed by atoms with van der Waals surface area (Å²) in [5, 5.41) is 3.12. The van der Waals surface area contributed by atoms with Gasteiger partial charge < -0.3 is 5.32 Å². The fraction of sp³-hybridized carbons (Fsp3) is 0.125. The van der Waals surface area contributed by atoms with Crippen molar-refractivity contribution in [1.82, 2.24) is 0 Å². The summed E-state index contributed by atoms with van der Waals surface area (Å²) in [5.41, 5.74) is 1.31. The van der Waals surface area contributed by atoms with E-state index in [0.29, 0.717) is 22.0 Å². The van der Waals surface area contributed by atoms with Crippen LogP contribution in [0.5, 0.6) is 0 Å². The van der Waals surface area contributed by atoms with Crippen LogP contribution >= 0.6 is 11.3 Å². The molecule has 0 unspecified atom stereocenters. The smallest absolute Gasteiger partial charge is 0.265 e. The van der Waals surface area contributed by atoms with Crippen LogP contribution in [0.2, 0.25) is 0 Å². The highest BCUT2D eigenvalue weighted by molar-refractivity contribution is 7.92. The molecule has 0 aliphatic rings. The summed E-state index contributed by atoms with van der Waals surface area (Å²) in [6, 6.07) is 16.3. The lowest BCUT2D eigenvalue weighted by Crippen LogP contribution is -2.30. The zero-order valence-corrected chi connectivity index (χ0v) is 19.4. The van der Waals surface area contributed by atoms with Crippen LogP contribution < -0.4 is 9.62 Å². The van der Waals surface area contributed by atoms with Crippen LogP contribution in [0.25, 0.3) is 10.1 Å². The van der Waals surface area contributed by atoms with E-state index in [-0.39, 0.29) is 17.1 Å². The summed E-state index contributed by atoms with van der Waals surface area (Å²) in [4.78, 5) is 13.1. The van der Waals surface area contributed by atoms with Crippen molar-refractivity contribution in [2.45, 2.75) is 18.7 Å². The maximum Gasteiger partial charge on any atom is 0.265 e. The lowest BCUT2D eigenvalue weighted by atomic mass is 10.2. The molecule has 1 aromatic heterocycles. The Bertz CT molecular complexity index is 1450. The Labute approximate surface area is 194 Å². The van der Waals surface area contributed by atoms with Gasteiger partial charge in [-0.3, -0.25) is 9.10 Å². The number of anilines is 2. The first-order chi connectivity index (χ1) is 15.7. The van der Waals surface area contributed by atoms with Crippen LogP contribution in [-0.2, 0) is 10.0 Å². The van der Waals surface area contributed by atoms with Crippen molar-refractivity contribution >= 4 is 48.7 Å². The molecule has 0 saturated heterocycles. The Kier molecular flexibility index (Phi) is 6.18. The van der Waals surface area contributed by atoms with Gasteiger partial charge in [0.25, 0.3) is 15.9 Å². The van der Waals surface area contributed by atoms with Gasteiger partial charge in [0.1, 0.15) is 11.6 Å². The van der Waals surface area contributed by atoms with Gasteiger partial charge in [0.2, 0.25) is 0 Å². The number of hydrogen-bond acceptors (Lipinski definition) is 4. The zero-order valence-electron chi connectivity index (χ0n) is 17.8. The molecule has 0 radical (unpaired) electrons. The number of sulfonamides is 1. The molecule has 33 heavy (non-hydrogen) atoms. The Morgan fingerprint density at radius 2 is 1.73 bits per heavy atom. The lowest BCUT2D eigenvalue weighted by Gasteiger charge is -2.23. The molecule has 0 aliphatic heterocycles. The summed E-state index contributed by atoms with van der Waals surface area (Å²) in [5.74, 6) is -2.14. The molecule has 9 heteroatoms. The molecule has 0 bridgehead atoms. The molecule has 5 nitrogen and oxygen atoms in total. The number of benzene rings is 3. The molecule has 4 aromatic rings.